The van der Waals surface area contributed by atoms with Crippen molar-refractivity contribution < 1.29 is 71.4 Å². The van der Waals surface area contributed by atoms with Crippen molar-refractivity contribution in [3.05, 3.63) is 180 Å². The molecule has 674 valence electrons. The average Bonchev–Trinajstić information content (AvgIpc) is 1.56. The van der Waals surface area contributed by atoms with Crippen LogP contribution in [0, 0.1) is 0 Å². The number of hydrogen-bond donors (Lipinski definition) is 0. The number of likely N-dealkylation sites (N-methyl/N-ethyl adjacent to an activating group) is 3. The zero-order valence-corrected chi connectivity index (χ0v) is 75.9. The molecule has 9 aliphatic rings. The Balaban J connectivity index is 0.457. The van der Waals surface area contributed by atoms with Crippen LogP contribution in [0.5, 0.6) is 17.2 Å². The number of benzene rings is 9. The summed E-state index contributed by atoms with van der Waals surface area (Å²) in [5, 5.41) is 6.06. The SMILES string of the molecule is CC(COCC(COCC(C)OC(=O)CCC(=O)N1CCN(c2cc3c(c4ccccc24)N=CC2(O3)N(C)c3ccccc3C2(C)C)CC1)OCC(C)OC(=O)CCC(=O)N1CCN(c2cc3c(c4ccccc24)N=CC2(O3)N(C)c3ccccc3C2(C)C)CC1)OC(=O)CCC(=O)N1CCN(c2cc3c(c4ccccc24)N=CC2(O3)N(C)c3ccccc3C2(C)C)CC1. The minimum absolute atomic E-state index is 0.0249. The van der Waals surface area contributed by atoms with Crippen LogP contribution in [0.2, 0.25) is 0 Å². The fourth-order valence-electron chi connectivity index (χ4n) is 20.8. The van der Waals surface area contributed by atoms with E-state index in [1.807, 2.05) is 73.2 Å². The van der Waals surface area contributed by atoms with Gasteiger partial charge in [-0.15, -0.1) is 0 Å². The Hall–Kier alpha value is -12.3. The van der Waals surface area contributed by atoms with E-state index in [9.17, 15) is 28.8 Å². The Bertz CT molecular complexity index is 5710. The van der Waals surface area contributed by atoms with Crippen molar-refractivity contribution in [2.24, 2.45) is 15.0 Å². The van der Waals surface area contributed by atoms with Gasteiger partial charge in [0, 0.05) is 204 Å². The Morgan fingerprint density at radius 2 is 0.597 bits per heavy atom. The lowest BCUT2D eigenvalue weighted by molar-refractivity contribution is -0.160. The van der Waals surface area contributed by atoms with Crippen LogP contribution in [0.1, 0.15) is 118 Å². The number of piperazine rings is 3. The van der Waals surface area contributed by atoms with E-state index in [1.165, 1.54) is 16.7 Å². The molecule has 6 atom stereocenters. The van der Waals surface area contributed by atoms with Crippen molar-refractivity contribution in [2.75, 3.05) is 162 Å². The molecular weight excluding hydrogens is 1630 g/mol. The summed E-state index contributed by atoms with van der Waals surface area (Å²) in [7, 11) is 6.17. The van der Waals surface area contributed by atoms with Crippen molar-refractivity contribution in [1.29, 1.82) is 0 Å². The first-order chi connectivity index (χ1) is 62.1. The van der Waals surface area contributed by atoms with E-state index in [1.54, 1.807) is 35.5 Å². The lowest BCUT2D eigenvalue weighted by Crippen LogP contribution is -2.61. The molecule has 0 saturated carbocycles. The molecule has 9 aromatic carbocycles. The predicted molar refractivity (Wildman–Crippen MR) is 502 cm³/mol. The van der Waals surface area contributed by atoms with Crippen LogP contribution in [0.3, 0.4) is 0 Å². The number of anilines is 6. The largest absolute Gasteiger partial charge is 0.460 e. The topological polar surface area (TPSA) is 252 Å². The molecular formula is C102H116N12O15. The molecule has 0 aliphatic carbocycles. The predicted octanol–water partition coefficient (Wildman–Crippen LogP) is 14.7. The van der Waals surface area contributed by atoms with Crippen molar-refractivity contribution in [2.45, 2.75) is 159 Å². The molecule has 3 amide bonds. The van der Waals surface area contributed by atoms with E-state index in [-0.39, 0.29) is 89.3 Å². The molecule has 27 heteroatoms. The Kier molecular flexibility index (Phi) is 23.7. The van der Waals surface area contributed by atoms with Crippen molar-refractivity contribution >= 4 is 138 Å². The summed E-state index contributed by atoms with van der Waals surface area (Å²) in [6.45, 7) is 24.2. The third kappa shape index (κ3) is 15.8. The smallest absolute Gasteiger partial charge is 0.306 e. The maximum absolute atomic E-state index is 13.9. The quantitative estimate of drug-likeness (QED) is 0.0361. The van der Waals surface area contributed by atoms with Gasteiger partial charge < -0.3 is 86.7 Å². The zero-order valence-electron chi connectivity index (χ0n) is 75.9. The molecule has 0 bridgehead atoms. The number of rotatable bonds is 26. The van der Waals surface area contributed by atoms with Crippen LogP contribution in [0.25, 0.3) is 32.3 Å². The number of ether oxygens (including phenoxy) is 9. The van der Waals surface area contributed by atoms with Gasteiger partial charge in [-0.05, 0) is 97.2 Å². The standard InChI is InChI=1S/C102H116N12O15/c1-66(124-91(118)40-37-88(115)112-49-43-109(44-50-112)82-55-85-94(73-28-16-13-25-70(73)82)103-63-100(127-85)97(4,5)76-31-19-22-34-79(76)106(100)10)58-121-61-69(123-60-68(3)126-93(120)42-39-90(117)114-53-47-111(48-54-114)84-57-87-96(75-30-18-15-27-72(75)84)105-65-102(129-87)99(8,9)78-33-21-24-36-81(78)108(102)12)62-122-59-67(2)125-92(119)41-38-89(116)113-51-45-110(46-52-113)83-56-86-95(74-29-17-14-26-71(74)83)104-64-101(128-86)98(6,7)77-32-20-23-35-80(77)107(101)11/h13-36,55-57,63-69H,37-54,58-62H2,1-12H3. The van der Waals surface area contributed by atoms with Crippen molar-refractivity contribution in [3.8, 4) is 17.2 Å². The van der Waals surface area contributed by atoms with E-state index in [0.717, 1.165) is 83.5 Å². The number of fused-ring (bicyclic) bond motifs is 12. The fraction of sp³-hybridized carbons (Fsp3) is 0.441. The lowest BCUT2D eigenvalue weighted by atomic mass is 9.77. The number of para-hydroxylation sites is 3. The molecule has 3 saturated heterocycles. The minimum atomic E-state index is -0.860. The van der Waals surface area contributed by atoms with Gasteiger partial charge in [0.25, 0.3) is 0 Å². The molecule has 129 heavy (non-hydrogen) atoms. The summed E-state index contributed by atoms with van der Waals surface area (Å²) in [6, 6.07) is 56.1. The normalized spacial score (nSPS) is 21.5. The lowest BCUT2D eigenvalue weighted by Gasteiger charge is -2.45. The second-order valence-electron chi connectivity index (χ2n) is 37.2. The second kappa shape index (κ2) is 34.9. The molecule has 6 unspecified atom stereocenters. The minimum Gasteiger partial charge on any atom is -0.460 e. The van der Waals surface area contributed by atoms with Crippen LogP contribution in [0.4, 0.5) is 51.2 Å². The van der Waals surface area contributed by atoms with Gasteiger partial charge in [0.05, 0.1) is 87.2 Å². The molecule has 18 rings (SSSR count). The first-order valence-electron chi connectivity index (χ1n) is 45.4. The van der Waals surface area contributed by atoms with Crippen LogP contribution >= 0.6 is 0 Å². The van der Waals surface area contributed by atoms with Gasteiger partial charge in [-0.1, -0.05) is 127 Å². The highest BCUT2D eigenvalue weighted by atomic mass is 16.6. The van der Waals surface area contributed by atoms with Crippen LogP contribution in [-0.2, 0) is 73.4 Å². The van der Waals surface area contributed by atoms with Gasteiger partial charge in [0.2, 0.25) is 34.9 Å². The van der Waals surface area contributed by atoms with E-state index < -0.39 is 75.7 Å². The number of carbonyl (C=O) groups excluding carboxylic acids is 6. The fourth-order valence-corrected chi connectivity index (χ4v) is 20.8. The maximum Gasteiger partial charge on any atom is 0.306 e. The van der Waals surface area contributed by atoms with E-state index in [4.69, 9.17) is 57.6 Å². The Morgan fingerprint density at radius 3 is 0.884 bits per heavy atom. The number of amides is 3. The Labute approximate surface area is 753 Å². The van der Waals surface area contributed by atoms with E-state index in [0.29, 0.717) is 95.8 Å². The van der Waals surface area contributed by atoms with Crippen LogP contribution in [0.15, 0.2) is 179 Å². The maximum atomic E-state index is 13.9. The van der Waals surface area contributed by atoms with Gasteiger partial charge in [-0.2, -0.15) is 0 Å². The molecule has 0 N–H and O–H groups in total. The van der Waals surface area contributed by atoms with Gasteiger partial charge >= 0.3 is 17.9 Å². The highest BCUT2D eigenvalue weighted by Crippen LogP contribution is 2.59. The number of carbonyl (C=O) groups is 6. The summed E-state index contributed by atoms with van der Waals surface area (Å²) in [5.74, 6) is -0.0181. The monoisotopic (exact) mass is 1750 g/mol. The first-order valence-corrected chi connectivity index (χ1v) is 45.4. The van der Waals surface area contributed by atoms with E-state index in [2.05, 4.69) is 201 Å². The second-order valence-corrected chi connectivity index (χ2v) is 37.2. The molecule has 9 aromatic rings. The summed E-state index contributed by atoms with van der Waals surface area (Å²) < 4.78 is 57.4. The molecule has 3 fully saturated rings. The van der Waals surface area contributed by atoms with Gasteiger partial charge in [0.1, 0.15) is 41.5 Å². The number of hydrogen-bond acceptors (Lipinski definition) is 24. The molecule has 0 aromatic heterocycles. The highest BCUT2D eigenvalue weighted by Gasteiger charge is 2.62. The average molecular weight is 1750 g/mol. The van der Waals surface area contributed by atoms with Crippen LogP contribution in [-0.4, -0.2) is 243 Å². The third-order valence-electron chi connectivity index (χ3n) is 28.2. The number of aliphatic imine (C=N–C) groups is 3. The van der Waals surface area contributed by atoms with Gasteiger partial charge in [-0.3, -0.25) is 43.7 Å². The van der Waals surface area contributed by atoms with Crippen molar-refractivity contribution in [1.82, 2.24) is 14.7 Å². The molecule has 9 heterocycles. The molecule has 0 radical (unpaired) electrons. The summed E-state index contributed by atoms with van der Waals surface area (Å²) in [6.07, 6.45) is 2.45. The summed E-state index contributed by atoms with van der Waals surface area (Å²) >= 11 is 0. The van der Waals surface area contributed by atoms with E-state index >= 15 is 0 Å². The van der Waals surface area contributed by atoms with Gasteiger partial charge in [-0.25, -0.2) is 0 Å². The molecule has 27 nitrogen and oxygen atoms in total. The molecule has 9 aliphatic heterocycles. The number of esters is 3. The zero-order chi connectivity index (χ0) is 90.1. The summed E-state index contributed by atoms with van der Waals surface area (Å²) in [5.41, 5.74) is 8.34. The third-order valence-corrected chi connectivity index (χ3v) is 28.2. The summed E-state index contributed by atoms with van der Waals surface area (Å²) in [4.78, 5) is 116. The Morgan fingerprint density at radius 1 is 0.333 bits per heavy atom. The highest BCUT2D eigenvalue weighted by molar-refractivity contribution is 6.09. The number of nitrogens with zero attached hydrogens (tertiary/aromatic N) is 12. The van der Waals surface area contributed by atoms with Crippen LogP contribution < -0.4 is 43.6 Å². The molecule has 3 spiro atoms. The van der Waals surface area contributed by atoms with Crippen molar-refractivity contribution in [3.63, 3.8) is 0 Å². The van der Waals surface area contributed by atoms with Gasteiger partial charge in [0.15, 0.2) is 17.2 Å². The first kappa shape index (κ1) is 87.4.